The maximum absolute atomic E-state index is 12.3. The second kappa shape index (κ2) is 4.80. The maximum Gasteiger partial charge on any atom is 0.263 e. The topological polar surface area (TPSA) is 72.6 Å². The van der Waals surface area contributed by atoms with E-state index in [1.165, 1.54) is 6.07 Å². The van der Waals surface area contributed by atoms with E-state index in [0.29, 0.717) is 29.1 Å². The molecule has 2 aliphatic heterocycles. The van der Waals surface area contributed by atoms with Gasteiger partial charge in [-0.05, 0) is 31.0 Å². The van der Waals surface area contributed by atoms with Crippen LogP contribution in [0.25, 0.3) is 0 Å². The monoisotopic (exact) mass is 310 g/mol. The van der Waals surface area contributed by atoms with Gasteiger partial charge in [-0.25, -0.2) is 4.90 Å². The number of morpholine rings is 1. The van der Waals surface area contributed by atoms with Gasteiger partial charge < -0.3 is 10.5 Å². The molecular weight excluding hydrogens is 300 g/mol. The van der Waals surface area contributed by atoms with Crippen LogP contribution in [0.3, 0.4) is 0 Å². The van der Waals surface area contributed by atoms with Crippen molar-refractivity contribution in [3.63, 3.8) is 0 Å². The van der Waals surface area contributed by atoms with E-state index in [4.69, 9.17) is 34.3 Å². The highest BCUT2D eigenvalue weighted by Gasteiger charge is 2.47. The van der Waals surface area contributed by atoms with Crippen LogP contribution in [-0.4, -0.2) is 29.0 Å². The zero-order chi connectivity index (χ0) is 14.4. The van der Waals surface area contributed by atoms with Crippen molar-refractivity contribution in [2.75, 3.05) is 4.90 Å². The number of carbonyl (C=O) groups excluding carboxylic acids is 2. The van der Waals surface area contributed by atoms with Crippen LogP contribution in [0.1, 0.15) is 18.4 Å². The van der Waals surface area contributed by atoms with Gasteiger partial charge in [0.25, 0.3) is 11.8 Å². The Labute approximate surface area is 125 Å². The Balaban J connectivity index is 2.12. The minimum absolute atomic E-state index is 0.108. The van der Waals surface area contributed by atoms with Gasteiger partial charge in [0, 0.05) is 10.6 Å². The fourth-order valence-corrected chi connectivity index (χ4v) is 2.87. The van der Waals surface area contributed by atoms with Crippen molar-refractivity contribution in [1.82, 2.24) is 0 Å². The van der Waals surface area contributed by atoms with Gasteiger partial charge in [-0.3, -0.25) is 9.59 Å². The second-order valence-electron chi connectivity index (χ2n) is 4.73. The zero-order valence-corrected chi connectivity index (χ0v) is 11.9. The summed E-state index contributed by atoms with van der Waals surface area (Å²) in [6.45, 7) is 0. The molecule has 2 amide bonds. The van der Waals surface area contributed by atoms with Crippen LogP contribution in [0.2, 0.25) is 5.02 Å². The molecule has 2 fully saturated rings. The first-order chi connectivity index (χ1) is 9.49. The number of amides is 2. The summed E-state index contributed by atoms with van der Waals surface area (Å²) in [5, 5.41) is 0.402. The molecule has 0 aliphatic carbocycles. The van der Waals surface area contributed by atoms with Crippen LogP contribution in [0.5, 0.6) is 0 Å². The summed E-state index contributed by atoms with van der Waals surface area (Å²) in [5.41, 5.74) is 6.44. The molecule has 1 aromatic rings. The quantitative estimate of drug-likeness (QED) is 0.660. The van der Waals surface area contributed by atoms with Gasteiger partial charge in [0.05, 0.1) is 5.69 Å². The van der Waals surface area contributed by atoms with Crippen molar-refractivity contribution in [1.29, 1.82) is 0 Å². The highest BCUT2D eigenvalue weighted by atomic mass is 35.5. The van der Waals surface area contributed by atoms with Gasteiger partial charge in [-0.1, -0.05) is 23.8 Å². The SMILES string of the molecule is NC(=S)c1ccc(Cl)cc1N1C(=O)C2CCC(O2)C1=O. The smallest absolute Gasteiger partial charge is 0.263 e. The van der Waals surface area contributed by atoms with Crippen molar-refractivity contribution >= 4 is 46.3 Å². The van der Waals surface area contributed by atoms with Crippen molar-refractivity contribution in [2.24, 2.45) is 5.73 Å². The van der Waals surface area contributed by atoms with E-state index >= 15 is 0 Å². The fourth-order valence-electron chi connectivity index (χ4n) is 2.53. The molecule has 2 saturated heterocycles. The summed E-state index contributed by atoms with van der Waals surface area (Å²) in [7, 11) is 0. The van der Waals surface area contributed by atoms with Crippen LogP contribution < -0.4 is 10.6 Å². The number of halogens is 1. The lowest BCUT2D eigenvalue weighted by atomic mass is 10.1. The van der Waals surface area contributed by atoms with E-state index in [1.807, 2.05) is 0 Å². The van der Waals surface area contributed by atoms with Gasteiger partial charge in [0.1, 0.15) is 17.2 Å². The number of hydrogen-bond acceptors (Lipinski definition) is 4. The van der Waals surface area contributed by atoms with E-state index in [2.05, 4.69) is 0 Å². The number of thiocarbonyl (C=S) groups is 1. The number of nitrogens with zero attached hydrogens (tertiary/aromatic N) is 1. The summed E-state index contributed by atoms with van der Waals surface area (Å²) < 4.78 is 5.37. The van der Waals surface area contributed by atoms with Crippen molar-refractivity contribution in [3.05, 3.63) is 28.8 Å². The normalized spacial score (nSPS) is 25.1. The molecule has 2 unspecified atom stereocenters. The predicted molar refractivity (Wildman–Crippen MR) is 77.7 cm³/mol. The molecule has 20 heavy (non-hydrogen) atoms. The lowest BCUT2D eigenvalue weighted by molar-refractivity contribution is -0.146. The molecule has 0 radical (unpaired) electrons. The number of imide groups is 1. The molecule has 3 rings (SSSR count). The minimum Gasteiger partial charge on any atom is -0.389 e. The number of carbonyl (C=O) groups is 2. The second-order valence-corrected chi connectivity index (χ2v) is 5.60. The molecule has 2 atom stereocenters. The Bertz CT molecular complexity index is 612. The third kappa shape index (κ3) is 2.00. The molecular formula is C13H11ClN2O3S. The maximum atomic E-state index is 12.3. The molecule has 2 heterocycles. The Hall–Kier alpha value is -1.50. The largest absolute Gasteiger partial charge is 0.389 e. The average molecular weight is 311 g/mol. The number of fused-ring (bicyclic) bond motifs is 2. The Morgan fingerprint density at radius 1 is 1.30 bits per heavy atom. The van der Waals surface area contributed by atoms with Crippen LogP contribution in [0.4, 0.5) is 5.69 Å². The summed E-state index contributed by atoms with van der Waals surface area (Å²) in [5.74, 6) is -0.771. The van der Waals surface area contributed by atoms with Gasteiger partial charge in [0.2, 0.25) is 0 Å². The van der Waals surface area contributed by atoms with Crippen LogP contribution in [0, 0.1) is 0 Å². The standard InChI is InChI=1S/C13H11ClN2O3S/c14-6-1-2-7(11(15)20)8(5-6)16-12(17)9-3-4-10(19-9)13(16)18/h1-2,5,9-10H,3-4H2,(H2,15,20). The number of hydrogen-bond donors (Lipinski definition) is 1. The highest BCUT2D eigenvalue weighted by molar-refractivity contribution is 7.80. The van der Waals surface area contributed by atoms with Gasteiger partial charge >= 0.3 is 0 Å². The molecule has 2 bridgehead atoms. The van der Waals surface area contributed by atoms with E-state index in [-0.39, 0.29) is 16.8 Å². The third-order valence-corrected chi connectivity index (χ3v) is 3.93. The predicted octanol–water partition coefficient (Wildman–Crippen LogP) is 1.40. The van der Waals surface area contributed by atoms with Crippen LogP contribution >= 0.6 is 23.8 Å². The Morgan fingerprint density at radius 2 is 1.90 bits per heavy atom. The minimum atomic E-state index is -0.573. The van der Waals surface area contributed by atoms with Crippen LogP contribution in [-0.2, 0) is 14.3 Å². The Kier molecular flexibility index (Phi) is 3.24. The fraction of sp³-hybridized carbons (Fsp3) is 0.308. The molecule has 2 N–H and O–H groups in total. The van der Waals surface area contributed by atoms with Crippen molar-refractivity contribution in [3.8, 4) is 0 Å². The molecule has 2 aliphatic rings. The summed E-state index contributed by atoms with van der Waals surface area (Å²) in [4.78, 5) is 25.9. The summed E-state index contributed by atoms with van der Waals surface area (Å²) in [6, 6.07) is 4.75. The molecule has 7 heteroatoms. The van der Waals surface area contributed by atoms with Gasteiger partial charge in [-0.15, -0.1) is 0 Å². The highest BCUT2D eigenvalue weighted by Crippen LogP contribution is 2.34. The number of nitrogens with two attached hydrogens (primary N) is 1. The molecule has 0 spiro atoms. The third-order valence-electron chi connectivity index (χ3n) is 3.48. The zero-order valence-electron chi connectivity index (χ0n) is 10.3. The first kappa shape index (κ1) is 13.5. The number of rotatable bonds is 2. The molecule has 1 aromatic carbocycles. The van der Waals surface area contributed by atoms with E-state index in [0.717, 1.165) is 4.90 Å². The molecule has 5 nitrogen and oxygen atoms in total. The van der Waals surface area contributed by atoms with E-state index in [1.54, 1.807) is 12.1 Å². The first-order valence-corrected chi connectivity index (χ1v) is 6.90. The lowest BCUT2D eigenvalue weighted by Gasteiger charge is -2.31. The van der Waals surface area contributed by atoms with Crippen molar-refractivity contribution in [2.45, 2.75) is 25.0 Å². The summed E-state index contributed by atoms with van der Waals surface area (Å²) >= 11 is 10.9. The number of anilines is 1. The van der Waals surface area contributed by atoms with Crippen molar-refractivity contribution < 1.29 is 14.3 Å². The van der Waals surface area contributed by atoms with E-state index < -0.39 is 12.2 Å². The average Bonchev–Trinajstić information content (AvgIpc) is 2.83. The van der Waals surface area contributed by atoms with Gasteiger partial charge in [0.15, 0.2) is 0 Å². The summed E-state index contributed by atoms with van der Waals surface area (Å²) in [6.07, 6.45) is -0.0459. The number of ether oxygens (including phenoxy) is 1. The molecule has 0 aromatic heterocycles. The Morgan fingerprint density at radius 3 is 2.45 bits per heavy atom. The molecule has 0 saturated carbocycles. The lowest BCUT2D eigenvalue weighted by Crippen LogP contribution is -2.52. The molecule has 104 valence electrons. The van der Waals surface area contributed by atoms with Gasteiger partial charge in [-0.2, -0.15) is 0 Å². The van der Waals surface area contributed by atoms with Crippen LogP contribution in [0.15, 0.2) is 18.2 Å². The first-order valence-electron chi connectivity index (χ1n) is 6.11. The van der Waals surface area contributed by atoms with E-state index in [9.17, 15) is 9.59 Å². The number of benzene rings is 1.